The van der Waals surface area contributed by atoms with E-state index in [1.54, 1.807) is 6.20 Å². The third-order valence-electron chi connectivity index (χ3n) is 12.6. The predicted octanol–water partition coefficient (Wildman–Crippen LogP) is 6.98. The van der Waals surface area contributed by atoms with Crippen molar-refractivity contribution in [1.29, 1.82) is 0 Å². The zero-order valence-corrected chi connectivity index (χ0v) is 30.7. The number of anilines is 2. The standard InChI is InChI=1S/C40H47F3N8O2/c1-5-31(52)49-19-38(20-49)12-15-48(16-13-38)36-28-17-27(26-8-9-26)33(32-25(4)7-10-30-29(32)18-44-47-30)35(53-23-40(41,42)43)34(28)45-37(46-36)50-21-39(22-50)11-6-14-51(39)24(2)3/h5,7,10,17-18,24,26H,1,6,8-9,11-16,19-23H2,2-4H3,(H,44,47). The molecule has 5 aliphatic rings. The van der Waals surface area contributed by atoms with E-state index in [0.29, 0.717) is 36.2 Å². The SMILES string of the molecule is C=CC(=O)N1CC2(CCN(c3nc(N4CC5(CCCN5C(C)C)C4)nc4c(OCC(F)(F)F)c(-c5c(C)ccc6[nH]ncc56)c(C5CC5)cc34)CC2)C1. The van der Waals surface area contributed by atoms with Gasteiger partial charge in [0.2, 0.25) is 11.9 Å². The molecule has 53 heavy (non-hydrogen) atoms. The number of aromatic amines is 1. The van der Waals surface area contributed by atoms with Crippen molar-refractivity contribution in [1.82, 2.24) is 30.0 Å². The highest BCUT2D eigenvalue weighted by Crippen LogP contribution is 2.54. The van der Waals surface area contributed by atoms with Gasteiger partial charge in [-0.3, -0.25) is 14.8 Å². The molecule has 2 aromatic heterocycles. The lowest BCUT2D eigenvalue weighted by Crippen LogP contribution is -2.69. The Hall–Kier alpha value is -4.39. The number of nitrogens with one attached hydrogen (secondary N) is 1. The van der Waals surface area contributed by atoms with Crippen LogP contribution in [0.4, 0.5) is 24.9 Å². The van der Waals surface area contributed by atoms with Crippen molar-refractivity contribution in [3.63, 3.8) is 0 Å². The highest BCUT2D eigenvalue weighted by molar-refractivity contribution is 6.06. The number of carbonyl (C=O) groups is 1. The largest absolute Gasteiger partial charge is 0.481 e. The number of ether oxygens (including phenoxy) is 1. The van der Waals surface area contributed by atoms with Crippen LogP contribution in [-0.4, -0.2) is 106 Å². The summed E-state index contributed by atoms with van der Waals surface area (Å²) in [5.74, 6) is 1.58. The molecule has 0 unspecified atom stereocenters. The molecule has 6 heterocycles. The molecular formula is C40H47F3N8O2. The fraction of sp³-hybridized carbons (Fsp3) is 0.550. The number of alkyl halides is 3. The quantitative estimate of drug-likeness (QED) is 0.195. The van der Waals surface area contributed by atoms with Gasteiger partial charge in [0.25, 0.3) is 0 Å². The van der Waals surface area contributed by atoms with E-state index >= 15 is 0 Å². The second-order valence-electron chi connectivity index (χ2n) is 16.5. The lowest BCUT2D eigenvalue weighted by atomic mass is 9.72. The average molecular weight is 729 g/mol. The Bertz CT molecular complexity index is 2100. The molecular weight excluding hydrogens is 681 g/mol. The first kappa shape index (κ1) is 34.4. The van der Waals surface area contributed by atoms with Gasteiger partial charge in [0.1, 0.15) is 11.3 Å². The second kappa shape index (κ2) is 12.3. The van der Waals surface area contributed by atoms with Gasteiger partial charge in [-0.25, -0.2) is 4.98 Å². The molecule has 2 spiro atoms. The number of nitrogens with zero attached hydrogens (tertiary/aromatic N) is 7. The monoisotopic (exact) mass is 728 g/mol. The molecule has 5 fully saturated rings. The summed E-state index contributed by atoms with van der Waals surface area (Å²) in [6, 6.07) is 6.50. The van der Waals surface area contributed by atoms with E-state index in [4.69, 9.17) is 14.7 Å². The molecule has 10 nitrogen and oxygen atoms in total. The fourth-order valence-electron chi connectivity index (χ4n) is 9.81. The summed E-state index contributed by atoms with van der Waals surface area (Å²) in [5.41, 5.74) is 4.72. The van der Waals surface area contributed by atoms with Gasteiger partial charge >= 0.3 is 6.18 Å². The molecule has 4 saturated heterocycles. The summed E-state index contributed by atoms with van der Waals surface area (Å²) in [7, 11) is 0. The smallest absolute Gasteiger partial charge is 0.422 e. The van der Waals surface area contributed by atoms with Gasteiger partial charge in [0.15, 0.2) is 12.4 Å². The Balaban J connectivity index is 1.20. The third-order valence-corrected chi connectivity index (χ3v) is 12.6. The van der Waals surface area contributed by atoms with Crippen molar-refractivity contribution in [2.24, 2.45) is 5.41 Å². The molecule has 0 atom stereocenters. The first-order valence-electron chi connectivity index (χ1n) is 19.1. The van der Waals surface area contributed by atoms with Crippen molar-refractivity contribution in [2.75, 3.05) is 62.2 Å². The number of hydrogen-bond donors (Lipinski definition) is 1. The highest BCUT2D eigenvalue weighted by Gasteiger charge is 2.52. The maximum Gasteiger partial charge on any atom is 0.422 e. The van der Waals surface area contributed by atoms with Gasteiger partial charge in [0.05, 0.1) is 17.3 Å². The van der Waals surface area contributed by atoms with E-state index in [1.165, 1.54) is 6.08 Å². The maximum absolute atomic E-state index is 14.1. The van der Waals surface area contributed by atoms with Gasteiger partial charge in [-0.1, -0.05) is 12.6 Å². The molecule has 4 aromatic rings. The Kier molecular flexibility index (Phi) is 8.00. The summed E-state index contributed by atoms with van der Waals surface area (Å²) in [6.07, 6.45) is 4.48. The number of benzene rings is 2. The van der Waals surface area contributed by atoms with Crippen molar-refractivity contribution >= 4 is 39.5 Å². The van der Waals surface area contributed by atoms with Gasteiger partial charge in [0, 0.05) is 67.1 Å². The van der Waals surface area contributed by atoms with Crippen LogP contribution in [0.15, 0.2) is 37.1 Å². The first-order valence-corrected chi connectivity index (χ1v) is 19.1. The molecule has 4 aliphatic heterocycles. The number of aryl methyl sites for hydroxylation is 1. The van der Waals surface area contributed by atoms with Crippen LogP contribution < -0.4 is 14.5 Å². The summed E-state index contributed by atoms with van der Waals surface area (Å²) < 4.78 is 48.4. The van der Waals surface area contributed by atoms with Crippen LogP contribution in [0.1, 0.15) is 69.4 Å². The lowest BCUT2D eigenvalue weighted by Gasteiger charge is -2.54. The van der Waals surface area contributed by atoms with Gasteiger partial charge in [-0.15, -0.1) is 0 Å². The number of fused-ring (bicyclic) bond motifs is 2. The Morgan fingerprint density at radius 3 is 2.47 bits per heavy atom. The van der Waals surface area contributed by atoms with E-state index < -0.39 is 12.8 Å². The summed E-state index contributed by atoms with van der Waals surface area (Å²) in [4.78, 5) is 31.7. The van der Waals surface area contributed by atoms with Crippen LogP contribution in [-0.2, 0) is 4.79 Å². The fourth-order valence-corrected chi connectivity index (χ4v) is 9.81. The van der Waals surface area contributed by atoms with Gasteiger partial charge in [-0.2, -0.15) is 23.3 Å². The van der Waals surface area contributed by atoms with Crippen LogP contribution in [0, 0.1) is 12.3 Å². The number of carbonyl (C=O) groups excluding carboxylic acids is 1. The van der Waals surface area contributed by atoms with Crippen LogP contribution in [0.2, 0.25) is 0 Å². The molecule has 9 rings (SSSR count). The molecule has 13 heteroatoms. The van der Waals surface area contributed by atoms with Gasteiger partial charge < -0.3 is 19.4 Å². The van der Waals surface area contributed by atoms with Crippen LogP contribution >= 0.6 is 0 Å². The molecule has 1 saturated carbocycles. The second-order valence-corrected chi connectivity index (χ2v) is 16.5. The molecule has 1 amide bonds. The Morgan fingerprint density at radius 1 is 1.04 bits per heavy atom. The lowest BCUT2D eigenvalue weighted by molar-refractivity contribution is -0.153. The van der Waals surface area contributed by atoms with Crippen LogP contribution in [0.25, 0.3) is 32.9 Å². The van der Waals surface area contributed by atoms with E-state index in [0.717, 1.165) is 110 Å². The molecule has 1 aliphatic carbocycles. The number of halogens is 3. The van der Waals surface area contributed by atoms with Crippen molar-refractivity contribution in [2.45, 2.75) is 83.0 Å². The summed E-state index contributed by atoms with van der Waals surface area (Å²) >= 11 is 0. The maximum atomic E-state index is 14.1. The van der Waals surface area contributed by atoms with Crippen molar-refractivity contribution in [3.05, 3.63) is 48.2 Å². The Labute approximate surface area is 307 Å². The number of likely N-dealkylation sites (tertiary alicyclic amines) is 2. The van der Waals surface area contributed by atoms with Crippen molar-refractivity contribution < 1.29 is 22.7 Å². The topological polar surface area (TPSA) is 93.7 Å². The highest BCUT2D eigenvalue weighted by atomic mass is 19.4. The molecule has 1 N–H and O–H groups in total. The third kappa shape index (κ3) is 5.81. The summed E-state index contributed by atoms with van der Waals surface area (Å²) in [5, 5.41) is 8.92. The van der Waals surface area contributed by atoms with E-state index in [9.17, 15) is 18.0 Å². The molecule has 0 bridgehead atoms. The van der Waals surface area contributed by atoms with Crippen LogP contribution in [0.5, 0.6) is 5.75 Å². The predicted molar refractivity (Wildman–Crippen MR) is 200 cm³/mol. The first-order chi connectivity index (χ1) is 25.4. The number of rotatable bonds is 8. The van der Waals surface area contributed by atoms with E-state index in [2.05, 4.69) is 51.4 Å². The van der Waals surface area contributed by atoms with E-state index in [1.807, 2.05) is 24.0 Å². The minimum Gasteiger partial charge on any atom is -0.481 e. The number of H-pyrrole nitrogens is 1. The minimum atomic E-state index is -4.55. The molecule has 0 radical (unpaired) electrons. The Morgan fingerprint density at radius 2 is 1.79 bits per heavy atom. The molecule has 2 aromatic carbocycles. The zero-order valence-electron chi connectivity index (χ0n) is 30.7. The van der Waals surface area contributed by atoms with Gasteiger partial charge in [-0.05, 0) is 107 Å². The average Bonchev–Trinajstić information content (AvgIpc) is 3.65. The minimum absolute atomic E-state index is 0.0359. The zero-order chi connectivity index (χ0) is 36.9. The number of aromatic nitrogens is 4. The number of hydrogen-bond acceptors (Lipinski definition) is 8. The summed E-state index contributed by atoms with van der Waals surface area (Å²) in [6.45, 7) is 14.2. The van der Waals surface area contributed by atoms with E-state index in [-0.39, 0.29) is 28.5 Å². The number of piperidine rings is 1. The van der Waals surface area contributed by atoms with Crippen LogP contribution in [0.3, 0.4) is 0 Å². The normalized spacial score (nSPS) is 21.2. The van der Waals surface area contributed by atoms with Crippen molar-refractivity contribution in [3.8, 4) is 16.9 Å². The molecule has 280 valence electrons. The number of amides is 1.